The number of aliphatic imine (C=N–C) groups is 1. The Labute approximate surface area is 174 Å². The van der Waals surface area contributed by atoms with Gasteiger partial charge in [-0.05, 0) is 32.1 Å². The highest BCUT2D eigenvalue weighted by molar-refractivity contribution is 5.79. The molecule has 1 fully saturated rings. The number of aryl methyl sites for hydroxylation is 1. The van der Waals surface area contributed by atoms with Crippen LogP contribution in [0.15, 0.2) is 4.99 Å². The lowest BCUT2D eigenvalue weighted by atomic mass is 10.1. The SMILES string of the molecule is CN=C(NCCCCOC1CCCCCC1)NC1CCc2nc(COC)nn2C1. The molecule has 8 heteroatoms. The van der Waals surface area contributed by atoms with Crippen LogP contribution in [-0.4, -0.2) is 60.2 Å². The van der Waals surface area contributed by atoms with Gasteiger partial charge in [0.2, 0.25) is 0 Å². The minimum absolute atomic E-state index is 0.310. The molecule has 0 spiro atoms. The molecule has 0 amide bonds. The largest absolute Gasteiger partial charge is 0.378 e. The number of fused-ring (bicyclic) bond motifs is 1. The lowest BCUT2D eigenvalue weighted by Gasteiger charge is -2.25. The predicted molar refractivity (Wildman–Crippen MR) is 114 cm³/mol. The van der Waals surface area contributed by atoms with Gasteiger partial charge >= 0.3 is 0 Å². The number of methoxy groups -OCH3 is 1. The molecule has 164 valence electrons. The van der Waals surface area contributed by atoms with Gasteiger partial charge in [0.05, 0.1) is 12.6 Å². The van der Waals surface area contributed by atoms with Gasteiger partial charge in [-0.25, -0.2) is 9.67 Å². The van der Waals surface area contributed by atoms with E-state index in [9.17, 15) is 0 Å². The van der Waals surface area contributed by atoms with Crippen LogP contribution in [0, 0.1) is 0 Å². The van der Waals surface area contributed by atoms with Gasteiger partial charge in [0.15, 0.2) is 11.8 Å². The smallest absolute Gasteiger partial charge is 0.191 e. The van der Waals surface area contributed by atoms with Crippen LogP contribution in [-0.2, 0) is 29.0 Å². The molecule has 1 aromatic rings. The average molecular weight is 407 g/mol. The summed E-state index contributed by atoms with van der Waals surface area (Å²) in [5.74, 6) is 2.67. The van der Waals surface area contributed by atoms with Gasteiger partial charge < -0.3 is 20.1 Å². The Morgan fingerprint density at radius 3 is 2.76 bits per heavy atom. The summed E-state index contributed by atoms with van der Waals surface area (Å²) in [7, 11) is 3.49. The van der Waals surface area contributed by atoms with Crippen LogP contribution in [0.3, 0.4) is 0 Å². The molecule has 2 N–H and O–H groups in total. The number of aromatic nitrogens is 3. The van der Waals surface area contributed by atoms with Crippen molar-refractivity contribution in [2.75, 3.05) is 27.3 Å². The minimum Gasteiger partial charge on any atom is -0.378 e. The number of nitrogens with zero attached hydrogens (tertiary/aromatic N) is 4. The molecule has 0 saturated heterocycles. The molecule has 8 nitrogen and oxygen atoms in total. The number of hydrogen-bond donors (Lipinski definition) is 2. The lowest BCUT2D eigenvalue weighted by molar-refractivity contribution is 0.0411. The first-order chi connectivity index (χ1) is 14.3. The second-order valence-electron chi connectivity index (χ2n) is 8.13. The summed E-state index contributed by atoms with van der Waals surface area (Å²) in [6.45, 7) is 3.06. The zero-order valence-corrected chi connectivity index (χ0v) is 18.2. The highest BCUT2D eigenvalue weighted by Gasteiger charge is 2.22. The number of guanidine groups is 1. The van der Waals surface area contributed by atoms with E-state index < -0.39 is 0 Å². The van der Waals surface area contributed by atoms with E-state index in [4.69, 9.17) is 9.47 Å². The fourth-order valence-corrected chi connectivity index (χ4v) is 4.15. The Morgan fingerprint density at radius 2 is 2.00 bits per heavy atom. The van der Waals surface area contributed by atoms with E-state index >= 15 is 0 Å². The van der Waals surface area contributed by atoms with E-state index in [1.807, 2.05) is 11.7 Å². The Balaban J connectivity index is 1.30. The highest BCUT2D eigenvalue weighted by Crippen LogP contribution is 2.20. The standard InChI is InChI=1S/C21H38N6O2/c1-22-21(23-13-7-8-14-29-18-9-5-3-4-6-10-18)24-17-11-12-20-25-19(16-28-2)26-27(20)15-17/h17-18H,3-16H2,1-2H3,(H2,22,23,24). The van der Waals surface area contributed by atoms with Crippen LogP contribution in [0.4, 0.5) is 0 Å². The normalized spacial score (nSPS) is 20.9. The molecule has 1 aliphatic heterocycles. The Kier molecular flexibility index (Phi) is 9.21. The lowest BCUT2D eigenvalue weighted by Crippen LogP contribution is -2.47. The third-order valence-electron chi connectivity index (χ3n) is 5.76. The summed E-state index contributed by atoms with van der Waals surface area (Å²) in [6, 6.07) is 0.310. The summed E-state index contributed by atoms with van der Waals surface area (Å²) in [5.41, 5.74) is 0. The van der Waals surface area contributed by atoms with Gasteiger partial charge in [-0.15, -0.1) is 0 Å². The maximum Gasteiger partial charge on any atom is 0.191 e. The fourth-order valence-electron chi connectivity index (χ4n) is 4.15. The van der Waals surface area contributed by atoms with E-state index in [0.29, 0.717) is 18.8 Å². The third kappa shape index (κ3) is 7.26. The van der Waals surface area contributed by atoms with E-state index in [2.05, 4.69) is 25.7 Å². The van der Waals surface area contributed by atoms with Crippen LogP contribution in [0.2, 0.25) is 0 Å². The van der Waals surface area contributed by atoms with Crippen LogP contribution < -0.4 is 10.6 Å². The van der Waals surface area contributed by atoms with Gasteiger partial charge in [0, 0.05) is 39.8 Å². The number of rotatable bonds is 9. The van der Waals surface area contributed by atoms with E-state index in [1.54, 1.807) is 7.11 Å². The molecule has 1 aliphatic carbocycles. The predicted octanol–water partition coefficient (Wildman–Crippen LogP) is 2.42. The molecule has 0 bridgehead atoms. The minimum atomic E-state index is 0.310. The Morgan fingerprint density at radius 1 is 1.17 bits per heavy atom. The molecule has 1 unspecified atom stereocenters. The van der Waals surface area contributed by atoms with Crippen molar-refractivity contribution in [3.63, 3.8) is 0 Å². The first kappa shape index (κ1) is 22.0. The van der Waals surface area contributed by atoms with Crippen molar-refractivity contribution in [2.45, 2.75) is 89.5 Å². The van der Waals surface area contributed by atoms with Gasteiger partial charge in [0.25, 0.3) is 0 Å². The summed E-state index contributed by atoms with van der Waals surface area (Å²) >= 11 is 0. The van der Waals surface area contributed by atoms with Gasteiger partial charge in [0.1, 0.15) is 12.4 Å². The van der Waals surface area contributed by atoms with E-state index in [1.165, 1.54) is 38.5 Å². The van der Waals surface area contributed by atoms with Crippen molar-refractivity contribution in [1.29, 1.82) is 0 Å². The van der Waals surface area contributed by atoms with Crippen molar-refractivity contribution in [3.8, 4) is 0 Å². The molecular formula is C21H38N6O2. The van der Waals surface area contributed by atoms with Crippen LogP contribution in [0.5, 0.6) is 0 Å². The second-order valence-corrected chi connectivity index (χ2v) is 8.13. The van der Waals surface area contributed by atoms with E-state index in [-0.39, 0.29) is 0 Å². The fraction of sp³-hybridized carbons (Fsp3) is 0.857. The van der Waals surface area contributed by atoms with Gasteiger partial charge in [-0.2, -0.15) is 5.10 Å². The van der Waals surface area contributed by atoms with Crippen LogP contribution in [0.1, 0.15) is 69.4 Å². The molecule has 1 saturated carbocycles. The monoisotopic (exact) mass is 406 g/mol. The number of hydrogen-bond acceptors (Lipinski definition) is 5. The molecule has 2 aliphatic rings. The summed E-state index contributed by atoms with van der Waals surface area (Å²) in [5, 5.41) is 11.5. The summed E-state index contributed by atoms with van der Waals surface area (Å²) < 4.78 is 13.2. The van der Waals surface area contributed by atoms with Crippen molar-refractivity contribution < 1.29 is 9.47 Å². The number of unbranched alkanes of at least 4 members (excludes halogenated alkanes) is 1. The Hall–Kier alpha value is -1.67. The topological polar surface area (TPSA) is 85.6 Å². The quantitative estimate of drug-likeness (QED) is 0.284. The maximum atomic E-state index is 6.07. The van der Waals surface area contributed by atoms with Crippen molar-refractivity contribution in [3.05, 3.63) is 11.6 Å². The third-order valence-corrected chi connectivity index (χ3v) is 5.76. The first-order valence-corrected chi connectivity index (χ1v) is 11.3. The zero-order chi connectivity index (χ0) is 20.3. The highest BCUT2D eigenvalue weighted by atomic mass is 16.5. The molecule has 3 rings (SSSR count). The number of nitrogens with one attached hydrogen (secondary N) is 2. The van der Waals surface area contributed by atoms with Crippen molar-refractivity contribution in [2.24, 2.45) is 4.99 Å². The van der Waals surface area contributed by atoms with Gasteiger partial charge in [-0.3, -0.25) is 4.99 Å². The molecule has 0 radical (unpaired) electrons. The van der Waals surface area contributed by atoms with Crippen LogP contribution in [0.25, 0.3) is 0 Å². The molecule has 29 heavy (non-hydrogen) atoms. The number of ether oxygens (including phenoxy) is 2. The van der Waals surface area contributed by atoms with E-state index in [0.717, 1.165) is 63.0 Å². The summed E-state index contributed by atoms with van der Waals surface area (Å²) in [6.07, 6.45) is 12.5. The molecule has 2 heterocycles. The van der Waals surface area contributed by atoms with Crippen LogP contribution >= 0.6 is 0 Å². The zero-order valence-electron chi connectivity index (χ0n) is 18.2. The summed E-state index contributed by atoms with van der Waals surface area (Å²) in [4.78, 5) is 8.90. The molecule has 1 atom stereocenters. The first-order valence-electron chi connectivity index (χ1n) is 11.3. The van der Waals surface area contributed by atoms with Crippen molar-refractivity contribution >= 4 is 5.96 Å². The molecule has 0 aromatic carbocycles. The Bertz CT molecular complexity index is 625. The molecular weight excluding hydrogens is 368 g/mol. The molecule has 1 aromatic heterocycles. The average Bonchev–Trinajstić information content (AvgIpc) is 2.94. The second kappa shape index (κ2) is 12.1. The van der Waals surface area contributed by atoms with Crippen molar-refractivity contribution in [1.82, 2.24) is 25.4 Å². The maximum absolute atomic E-state index is 6.07. The van der Waals surface area contributed by atoms with Gasteiger partial charge in [-0.1, -0.05) is 25.7 Å².